The van der Waals surface area contributed by atoms with Gasteiger partial charge in [-0.25, -0.2) is 0 Å². The highest BCUT2D eigenvalue weighted by Crippen LogP contribution is 2.28. The molecule has 0 saturated heterocycles. The minimum atomic E-state index is -1.23. The lowest BCUT2D eigenvalue weighted by atomic mass is 10.1. The molecule has 0 unspecified atom stereocenters. The topological polar surface area (TPSA) is 81.5 Å². The first-order chi connectivity index (χ1) is 11.2. The molecule has 2 aromatic rings. The summed E-state index contributed by atoms with van der Waals surface area (Å²) in [4.78, 5) is 22.7. The van der Waals surface area contributed by atoms with Gasteiger partial charge in [0.1, 0.15) is 5.75 Å². The van der Waals surface area contributed by atoms with Crippen LogP contribution in [0.2, 0.25) is 10.0 Å². The van der Waals surface area contributed by atoms with Crippen molar-refractivity contribution in [2.75, 3.05) is 5.32 Å². The van der Waals surface area contributed by atoms with Crippen molar-refractivity contribution in [3.05, 3.63) is 62.6 Å². The molecule has 0 heterocycles. The number of nitrogens with zero attached hydrogens (tertiary/aromatic N) is 1. The number of hydrogen-bond donors (Lipinski definition) is 1. The van der Waals surface area contributed by atoms with Gasteiger partial charge in [-0.15, -0.1) is 0 Å². The first-order valence-electron chi connectivity index (χ1n) is 6.89. The normalized spacial score (nSPS) is 11.0. The van der Waals surface area contributed by atoms with E-state index in [1.165, 1.54) is 18.2 Å². The molecule has 2 aromatic carbocycles. The average Bonchev–Trinajstić information content (AvgIpc) is 2.51. The summed E-state index contributed by atoms with van der Waals surface area (Å²) < 4.78 is 5.66. The SMILES string of the molecule is CC(C)(Oc1ccc(Cl)cc1)C(=O)Nc1cc([N+](=O)[O-])ccc1Cl. The molecule has 1 amide bonds. The van der Waals surface area contributed by atoms with Crippen molar-refractivity contribution < 1.29 is 14.5 Å². The lowest BCUT2D eigenvalue weighted by molar-refractivity contribution is -0.384. The number of halogens is 2. The van der Waals surface area contributed by atoms with Crippen LogP contribution in [-0.4, -0.2) is 16.4 Å². The Morgan fingerprint density at radius 1 is 1.17 bits per heavy atom. The number of benzene rings is 2. The van der Waals surface area contributed by atoms with Crippen LogP contribution in [0.25, 0.3) is 0 Å². The van der Waals surface area contributed by atoms with Gasteiger partial charge in [-0.3, -0.25) is 14.9 Å². The smallest absolute Gasteiger partial charge is 0.271 e. The average molecular weight is 369 g/mol. The molecular weight excluding hydrogens is 355 g/mol. The monoisotopic (exact) mass is 368 g/mol. The van der Waals surface area contributed by atoms with Crippen LogP contribution >= 0.6 is 23.2 Å². The zero-order chi connectivity index (χ0) is 17.9. The number of nitro groups is 1. The van der Waals surface area contributed by atoms with Crippen molar-refractivity contribution in [1.29, 1.82) is 0 Å². The predicted molar refractivity (Wildman–Crippen MR) is 92.9 cm³/mol. The van der Waals surface area contributed by atoms with Gasteiger partial charge in [0.2, 0.25) is 0 Å². The van der Waals surface area contributed by atoms with E-state index < -0.39 is 16.4 Å². The third kappa shape index (κ3) is 4.37. The molecule has 0 spiro atoms. The number of non-ortho nitro benzene ring substituents is 1. The second-order valence-corrected chi connectivity index (χ2v) is 6.29. The summed E-state index contributed by atoms with van der Waals surface area (Å²) in [5.74, 6) is -0.0375. The van der Waals surface area contributed by atoms with E-state index in [2.05, 4.69) is 5.32 Å². The van der Waals surface area contributed by atoms with Gasteiger partial charge in [0.05, 0.1) is 15.6 Å². The van der Waals surface area contributed by atoms with Gasteiger partial charge in [0.25, 0.3) is 11.6 Å². The molecule has 24 heavy (non-hydrogen) atoms. The molecule has 0 fully saturated rings. The van der Waals surface area contributed by atoms with Gasteiger partial charge >= 0.3 is 0 Å². The zero-order valence-electron chi connectivity index (χ0n) is 12.9. The molecule has 2 rings (SSSR count). The van der Waals surface area contributed by atoms with Crippen molar-refractivity contribution in [3.8, 4) is 5.75 Å². The van der Waals surface area contributed by atoms with Crippen LogP contribution in [-0.2, 0) is 4.79 Å². The molecule has 1 N–H and O–H groups in total. The quantitative estimate of drug-likeness (QED) is 0.612. The van der Waals surface area contributed by atoms with Crippen LogP contribution in [0.1, 0.15) is 13.8 Å². The van der Waals surface area contributed by atoms with Gasteiger partial charge in [0, 0.05) is 17.2 Å². The Morgan fingerprint density at radius 2 is 1.79 bits per heavy atom. The van der Waals surface area contributed by atoms with E-state index in [1.54, 1.807) is 38.1 Å². The molecule has 6 nitrogen and oxygen atoms in total. The highest BCUT2D eigenvalue weighted by Gasteiger charge is 2.30. The van der Waals surface area contributed by atoms with E-state index >= 15 is 0 Å². The second kappa shape index (κ2) is 7.07. The molecule has 0 atom stereocenters. The molecule has 8 heteroatoms. The summed E-state index contributed by atoms with van der Waals surface area (Å²) in [6.45, 7) is 3.14. The lowest BCUT2D eigenvalue weighted by Crippen LogP contribution is -2.42. The number of amides is 1. The number of carbonyl (C=O) groups excluding carboxylic acids is 1. The lowest BCUT2D eigenvalue weighted by Gasteiger charge is -2.25. The molecule has 0 aromatic heterocycles. The van der Waals surface area contributed by atoms with Gasteiger partial charge < -0.3 is 10.1 Å². The Morgan fingerprint density at radius 3 is 2.38 bits per heavy atom. The molecule has 0 bridgehead atoms. The standard InChI is InChI=1S/C16H14Cl2N2O4/c1-16(2,24-12-6-3-10(17)4-7-12)15(21)19-14-9-11(20(22)23)5-8-13(14)18/h3-9H,1-2H3,(H,19,21). The molecule has 0 aliphatic rings. The molecule has 0 radical (unpaired) electrons. The number of nitro benzene ring substituents is 1. The van der Waals surface area contributed by atoms with Crippen LogP contribution in [0, 0.1) is 10.1 Å². The highest BCUT2D eigenvalue weighted by atomic mass is 35.5. The van der Waals surface area contributed by atoms with E-state index in [9.17, 15) is 14.9 Å². The first kappa shape index (κ1) is 18.0. The van der Waals surface area contributed by atoms with E-state index in [0.717, 1.165) is 0 Å². The van der Waals surface area contributed by atoms with E-state index in [1.807, 2.05) is 0 Å². The van der Waals surface area contributed by atoms with Crippen LogP contribution in [0.5, 0.6) is 5.75 Å². The summed E-state index contributed by atoms with van der Waals surface area (Å²) in [5.41, 5.74) is -1.27. The number of anilines is 1. The summed E-state index contributed by atoms with van der Waals surface area (Å²) in [7, 11) is 0. The van der Waals surface area contributed by atoms with Crippen molar-refractivity contribution in [1.82, 2.24) is 0 Å². The van der Waals surface area contributed by atoms with Crippen LogP contribution < -0.4 is 10.1 Å². The Hall–Kier alpha value is -2.31. The Bertz CT molecular complexity index is 776. The first-order valence-corrected chi connectivity index (χ1v) is 7.64. The second-order valence-electron chi connectivity index (χ2n) is 5.44. The van der Waals surface area contributed by atoms with Crippen LogP contribution in [0.3, 0.4) is 0 Å². The van der Waals surface area contributed by atoms with Crippen molar-refractivity contribution in [3.63, 3.8) is 0 Å². The summed E-state index contributed by atoms with van der Waals surface area (Å²) in [6.07, 6.45) is 0. The fourth-order valence-electron chi connectivity index (χ4n) is 1.84. The molecule has 0 aliphatic carbocycles. The Labute approximate surface area is 148 Å². The fourth-order valence-corrected chi connectivity index (χ4v) is 2.13. The largest absolute Gasteiger partial charge is 0.478 e. The van der Waals surface area contributed by atoms with Gasteiger partial charge in [-0.2, -0.15) is 0 Å². The summed E-state index contributed by atoms with van der Waals surface area (Å²) >= 11 is 11.8. The minimum Gasteiger partial charge on any atom is -0.478 e. The van der Waals surface area contributed by atoms with E-state index in [4.69, 9.17) is 27.9 Å². The van der Waals surface area contributed by atoms with Gasteiger partial charge in [-0.05, 0) is 44.2 Å². The zero-order valence-corrected chi connectivity index (χ0v) is 14.4. The molecular formula is C16H14Cl2N2O4. The summed E-state index contributed by atoms with van der Waals surface area (Å²) in [5, 5.41) is 14.1. The van der Waals surface area contributed by atoms with Crippen LogP contribution in [0.15, 0.2) is 42.5 Å². The van der Waals surface area contributed by atoms with Crippen LogP contribution in [0.4, 0.5) is 11.4 Å². The maximum atomic E-state index is 12.4. The molecule has 0 aliphatic heterocycles. The maximum Gasteiger partial charge on any atom is 0.271 e. The van der Waals surface area contributed by atoms with Gasteiger partial charge in [-0.1, -0.05) is 23.2 Å². The van der Waals surface area contributed by atoms with E-state index in [-0.39, 0.29) is 16.4 Å². The fraction of sp³-hybridized carbons (Fsp3) is 0.188. The third-order valence-corrected chi connectivity index (χ3v) is 3.72. The number of rotatable bonds is 5. The third-order valence-electron chi connectivity index (χ3n) is 3.14. The Kier molecular flexibility index (Phi) is 5.31. The van der Waals surface area contributed by atoms with Crippen molar-refractivity contribution in [2.45, 2.75) is 19.4 Å². The number of ether oxygens (including phenoxy) is 1. The number of hydrogen-bond acceptors (Lipinski definition) is 4. The highest BCUT2D eigenvalue weighted by molar-refractivity contribution is 6.33. The molecule has 0 saturated carbocycles. The van der Waals surface area contributed by atoms with Crippen molar-refractivity contribution >= 4 is 40.5 Å². The van der Waals surface area contributed by atoms with Crippen molar-refractivity contribution in [2.24, 2.45) is 0 Å². The van der Waals surface area contributed by atoms with E-state index in [0.29, 0.717) is 10.8 Å². The predicted octanol–water partition coefficient (Wildman–Crippen LogP) is 4.70. The number of nitrogens with one attached hydrogen (secondary N) is 1. The Balaban J connectivity index is 2.17. The number of carbonyl (C=O) groups is 1. The van der Waals surface area contributed by atoms with Gasteiger partial charge in [0.15, 0.2) is 5.60 Å². The molecule has 126 valence electrons. The minimum absolute atomic E-state index is 0.142. The summed E-state index contributed by atoms with van der Waals surface area (Å²) in [6, 6.07) is 10.4. The maximum absolute atomic E-state index is 12.4.